The minimum Gasteiger partial charge on any atom is -0.497 e. The summed E-state index contributed by atoms with van der Waals surface area (Å²) in [5.41, 5.74) is 3.01. The molecule has 0 aliphatic carbocycles. The minimum atomic E-state index is -3.85. The average Bonchev–Trinajstić information content (AvgIpc) is 2.69. The summed E-state index contributed by atoms with van der Waals surface area (Å²) in [5, 5.41) is 0.419. The van der Waals surface area contributed by atoms with Gasteiger partial charge in [-0.25, -0.2) is 8.42 Å². The van der Waals surface area contributed by atoms with E-state index in [0.29, 0.717) is 22.0 Å². The number of aryl methyl sites for hydroxylation is 1. The summed E-state index contributed by atoms with van der Waals surface area (Å²) >= 11 is 6.20. The first kappa shape index (κ1) is 20.2. The molecule has 28 heavy (non-hydrogen) atoms. The van der Waals surface area contributed by atoms with E-state index in [-0.39, 0.29) is 11.4 Å². The average molecular weight is 416 g/mol. The maximum atomic E-state index is 13.6. The molecule has 6 heteroatoms. The zero-order valence-corrected chi connectivity index (χ0v) is 17.6. The molecule has 0 heterocycles. The van der Waals surface area contributed by atoms with Crippen LogP contribution in [0.2, 0.25) is 5.02 Å². The molecule has 0 aliphatic heterocycles. The summed E-state index contributed by atoms with van der Waals surface area (Å²) in [4.78, 5) is 0.191. The maximum absolute atomic E-state index is 13.6. The molecule has 0 N–H and O–H groups in total. The summed E-state index contributed by atoms with van der Waals surface area (Å²) in [6.45, 7) is 3.89. The third kappa shape index (κ3) is 4.01. The van der Waals surface area contributed by atoms with Gasteiger partial charge in [0.25, 0.3) is 10.0 Å². The van der Waals surface area contributed by atoms with E-state index in [1.54, 1.807) is 56.5 Å². The fourth-order valence-corrected chi connectivity index (χ4v) is 4.92. The molecule has 0 unspecified atom stereocenters. The lowest BCUT2D eigenvalue weighted by atomic mass is 10.1. The van der Waals surface area contributed by atoms with Crippen molar-refractivity contribution < 1.29 is 13.2 Å². The first-order valence-electron chi connectivity index (χ1n) is 8.81. The van der Waals surface area contributed by atoms with E-state index in [1.165, 1.54) is 4.31 Å². The number of halogens is 1. The van der Waals surface area contributed by atoms with E-state index >= 15 is 0 Å². The fourth-order valence-electron chi connectivity index (χ4n) is 3.01. The maximum Gasteiger partial charge on any atom is 0.264 e. The van der Waals surface area contributed by atoms with Crippen LogP contribution in [0.3, 0.4) is 0 Å². The number of methoxy groups -OCH3 is 1. The number of rotatable bonds is 6. The van der Waals surface area contributed by atoms with Crippen LogP contribution in [0.15, 0.2) is 71.6 Å². The molecule has 0 aliphatic rings. The van der Waals surface area contributed by atoms with E-state index in [9.17, 15) is 8.42 Å². The monoisotopic (exact) mass is 415 g/mol. The van der Waals surface area contributed by atoms with Crippen LogP contribution in [0, 0.1) is 13.8 Å². The number of nitrogens with zero attached hydrogens (tertiary/aromatic N) is 1. The van der Waals surface area contributed by atoms with Crippen LogP contribution in [-0.4, -0.2) is 15.5 Å². The molecule has 0 saturated heterocycles. The third-order valence-corrected chi connectivity index (χ3v) is 7.03. The summed E-state index contributed by atoms with van der Waals surface area (Å²) < 4.78 is 34.0. The summed E-state index contributed by atoms with van der Waals surface area (Å²) in [6, 6.07) is 19.7. The minimum absolute atomic E-state index is 0.191. The molecule has 3 aromatic rings. The number of hydrogen-bond acceptors (Lipinski definition) is 3. The quantitative estimate of drug-likeness (QED) is 0.544. The van der Waals surface area contributed by atoms with Gasteiger partial charge in [0.05, 0.1) is 24.2 Å². The van der Waals surface area contributed by atoms with Crippen LogP contribution in [0.1, 0.15) is 16.7 Å². The Morgan fingerprint density at radius 2 is 1.68 bits per heavy atom. The van der Waals surface area contributed by atoms with E-state index in [1.807, 2.05) is 31.2 Å². The Morgan fingerprint density at radius 3 is 2.39 bits per heavy atom. The van der Waals surface area contributed by atoms with Gasteiger partial charge in [0.2, 0.25) is 0 Å². The predicted molar refractivity (Wildman–Crippen MR) is 114 cm³/mol. The van der Waals surface area contributed by atoms with Crippen molar-refractivity contribution in [3.63, 3.8) is 0 Å². The van der Waals surface area contributed by atoms with E-state index in [4.69, 9.17) is 16.3 Å². The molecular weight excluding hydrogens is 394 g/mol. The Morgan fingerprint density at radius 1 is 0.964 bits per heavy atom. The van der Waals surface area contributed by atoms with Crippen molar-refractivity contribution in [1.29, 1.82) is 0 Å². The number of hydrogen-bond donors (Lipinski definition) is 0. The van der Waals surface area contributed by atoms with Crippen LogP contribution >= 0.6 is 11.6 Å². The SMILES string of the molecule is COc1cccc(N(Cc2ccccc2C)S(=O)(=O)c2cccc(Cl)c2C)c1. The van der Waals surface area contributed by atoms with E-state index in [0.717, 1.165) is 11.1 Å². The lowest BCUT2D eigenvalue weighted by molar-refractivity contribution is 0.415. The summed E-state index contributed by atoms with van der Waals surface area (Å²) in [6.07, 6.45) is 0. The summed E-state index contributed by atoms with van der Waals surface area (Å²) in [7, 11) is -2.30. The second-order valence-corrected chi connectivity index (χ2v) is 8.74. The van der Waals surface area contributed by atoms with Crippen molar-refractivity contribution in [3.05, 3.63) is 88.4 Å². The Kier molecular flexibility index (Phi) is 5.96. The van der Waals surface area contributed by atoms with Crippen molar-refractivity contribution >= 4 is 27.3 Å². The van der Waals surface area contributed by atoms with E-state index < -0.39 is 10.0 Å². The summed E-state index contributed by atoms with van der Waals surface area (Å²) in [5.74, 6) is 0.588. The highest BCUT2D eigenvalue weighted by Gasteiger charge is 2.28. The van der Waals surface area contributed by atoms with Crippen LogP contribution in [0.25, 0.3) is 0 Å². The Hall–Kier alpha value is -2.50. The van der Waals surface area contributed by atoms with Crippen molar-refractivity contribution in [2.75, 3.05) is 11.4 Å². The molecule has 0 amide bonds. The number of benzene rings is 3. The molecular formula is C22H22ClNO3S. The smallest absolute Gasteiger partial charge is 0.264 e. The molecule has 0 bridgehead atoms. The standard InChI is InChI=1S/C22H22ClNO3S/c1-16-8-4-5-9-18(16)15-24(19-10-6-11-20(14-19)27-3)28(25,26)22-13-7-12-21(23)17(22)2/h4-14H,15H2,1-3H3. The fraction of sp³-hybridized carbons (Fsp3) is 0.182. The predicted octanol–water partition coefficient (Wildman–Crippen LogP) is 5.36. The highest BCUT2D eigenvalue weighted by Crippen LogP contribution is 2.32. The molecule has 146 valence electrons. The molecule has 0 atom stereocenters. The topological polar surface area (TPSA) is 46.6 Å². The molecule has 3 rings (SSSR count). The highest BCUT2D eigenvalue weighted by atomic mass is 35.5. The molecule has 0 aromatic heterocycles. The number of anilines is 1. The molecule has 0 spiro atoms. The van der Waals surface area contributed by atoms with Gasteiger partial charge in [-0.05, 0) is 54.8 Å². The largest absolute Gasteiger partial charge is 0.497 e. The van der Waals surface area contributed by atoms with Crippen molar-refractivity contribution in [3.8, 4) is 5.75 Å². The van der Waals surface area contributed by atoms with Crippen LogP contribution in [0.5, 0.6) is 5.75 Å². The van der Waals surface area contributed by atoms with E-state index in [2.05, 4.69) is 0 Å². The third-order valence-electron chi connectivity index (χ3n) is 4.70. The lowest BCUT2D eigenvalue weighted by Gasteiger charge is -2.26. The van der Waals surface area contributed by atoms with Crippen molar-refractivity contribution in [2.24, 2.45) is 0 Å². The molecule has 0 radical (unpaired) electrons. The Labute approximate surface area is 171 Å². The van der Waals surface area contributed by atoms with Gasteiger partial charge in [-0.1, -0.05) is 48.0 Å². The van der Waals surface area contributed by atoms with Crippen LogP contribution < -0.4 is 9.04 Å². The van der Waals surface area contributed by atoms with Gasteiger partial charge in [0.15, 0.2) is 0 Å². The van der Waals surface area contributed by atoms with Crippen LogP contribution in [0.4, 0.5) is 5.69 Å². The first-order chi connectivity index (χ1) is 13.3. The number of ether oxygens (including phenoxy) is 1. The van der Waals surface area contributed by atoms with Gasteiger partial charge in [-0.2, -0.15) is 0 Å². The van der Waals surface area contributed by atoms with Gasteiger partial charge in [-0.3, -0.25) is 4.31 Å². The normalized spacial score (nSPS) is 11.3. The zero-order valence-electron chi connectivity index (χ0n) is 16.0. The lowest BCUT2D eigenvalue weighted by Crippen LogP contribution is -2.31. The first-order valence-corrected chi connectivity index (χ1v) is 10.6. The Bertz CT molecular complexity index is 1100. The molecule has 3 aromatic carbocycles. The van der Waals surface area contributed by atoms with Gasteiger partial charge >= 0.3 is 0 Å². The van der Waals surface area contributed by atoms with Gasteiger partial charge in [-0.15, -0.1) is 0 Å². The van der Waals surface area contributed by atoms with Crippen molar-refractivity contribution in [1.82, 2.24) is 0 Å². The molecule has 0 saturated carbocycles. The van der Waals surface area contributed by atoms with Gasteiger partial charge < -0.3 is 4.74 Å². The van der Waals surface area contributed by atoms with Crippen LogP contribution in [-0.2, 0) is 16.6 Å². The van der Waals surface area contributed by atoms with Gasteiger partial charge in [0.1, 0.15) is 5.75 Å². The zero-order chi connectivity index (χ0) is 20.3. The molecule has 4 nitrogen and oxygen atoms in total. The number of sulfonamides is 1. The molecule has 0 fully saturated rings. The Balaban J connectivity index is 2.17. The second-order valence-electron chi connectivity index (χ2n) is 6.50. The van der Waals surface area contributed by atoms with Gasteiger partial charge in [0, 0.05) is 11.1 Å². The second kappa shape index (κ2) is 8.25. The highest BCUT2D eigenvalue weighted by molar-refractivity contribution is 7.92. The van der Waals surface area contributed by atoms with Crippen molar-refractivity contribution in [2.45, 2.75) is 25.3 Å².